The number of amides is 1. The molecular weight excluding hydrogens is 192 g/mol. The molecule has 0 spiro atoms. The molecule has 0 atom stereocenters. The average molecular weight is 208 g/mol. The number of aryl methyl sites for hydroxylation is 1. The van der Waals surface area contributed by atoms with Gasteiger partial charge >= 0.3 is 6.09 Å². The van der Waals surface area contributed by atoms with Gasteiger partial charge in [0, 0.05) is 12.7 Å². The van der Waals surface area contributed by atoms with E-state index in [1.165, 1.54) is 12.0 Å². The van der Waals surface area contributed by atoms with E-state index in [1.54, 1.807) is 7.05 Å². The molecule has 1 heterocycles. The zero-order chi connectivity index (χ0) is 11.3. The lowest BCUT2D eigenvalue weighted by molar-refractivity contribution is 0.130. The summed E-state index contributed by atoms with van der Waals surface area (Å²) in [5, 5.41) is 0. The van der Waals surface area contributed by atoms with E-state index in [0.717, 1.165) is 17.8 Å². The SMILES string of the molecule is CCc1cccc(CN(C)C(=O)OC)n1. The molecule has 1 rings (SSSR count). The first-order chi connectivity index (χ1) is 7.17. The van der Waals surface area contributed by atoms with Crippen molar-refractivity contribution >= 4 is 6.09 Å². The average Bonchev–Trinajstić information content (AvgIpc) is 2.28. The normalized spacial score (nSPS) is 9.80. The van der Waals surface area contributed by atoms with Crippen LogP contribution in [0.1, 0.15) is 18.3 Å². The van der Waals surface area contributed by atoms with Crippen LogP contribution in [0.25, 0.3) is 0 Å². The minimum atomic E-state index is -0.348. The first kappa shape index (κ1) is 11.5. The summed E-state index contributed by atoms with van der Waals surface area (Å²) >= 11 is 0. The monoisotopic (exact) mass is 208 g/mol. The van der Waals surface area contributed by atoms with Gasteiger partial charge in [-0.25, -0.2) is 4.79 Å². The number of hydrogen-bond donors (Lipinski definition) is 0. The van der Waals surface area contributed by atoms with E-state index in [4.69, 9.17) is 0 Å². The van der Waals surface area contributed by atoms with Crippen LogP contribution in [0, 0.1) is 0 Å². The van der Waals surface area contributed by atoms with Crippen molar-refractivity contribution in [2.45, 2.75) is 19.9 Å². The first-order valence-electron chi connectivity index (χ1n) is 4.91. The Morgan fingerprint density at radius 1 is 1.47 bits per heavy atom. The van der Waals surface area contributed by atoms with Crippen molar-refractivity contribution in [1.29, 1.82) is 0 Å². The van der Waals surface area contributed by atoms with E-state index in [2.05, 4.69) is 16.6 Å². The van der Waals surface area contributed by atoms with Crippen molar-refractivity contribution in [1.82, 2.24) is 9.88 Å². The quantitative estimate of drug-likeness (QED) is 0.761. The van der Waals surface area contributed by atoms with Crippen LogP contribution >= 0.6 is 0 Å². The van der Waals surface area contributed by atoms with Crippen LogP contribution < -0.4 is 0 Å². The fraction of sp³-hybridized carbons (Fsp3) is 0.455. The summed E-state index contributed by atoms with van der Waals surface area (Å²) in [6.07, 6.45) is 0.550. The van der Waals surface area contributed by atoms with E-state index in [-0.39, 0.29) is 6.09 Å². The van der Waals surface area contributed by atoms with E-state index >= 15 is 0 Å². The minimum absolute atomic E-state index is 0.348. The second-order valence-corrected chi connectivity index (χ2v) is 3.30. The van der Waals surface area contributed by atoms with Crippen LogP contribution in [0.2, 0.25) is 0 Å². The van der Waals surface area contributed by atoms with Gasteiger partial charge in [-0.15, -0.1) is 0 Å². The summed E-state index contributed by atoms with van der Waals surface area (Å²) in [4.78, 5) is 17.0. The van der Waals surface area contributed by atoms with Crippen LogP contribution in [0.3, 0.4) is 0 Å². The third kappa shape index (κ3) is 3.23. The Hall–Kier alpha value is -1.58. The molecule has 0 fully saturated rings. The predicted molar refractivity (Wildman–Crippen MR) is 57.5 cm³/mol. The molecule has 0 aliphatic carbocycles. The molecule has 4 nitrogen and oxygen atoms in total. The van der Waals surface area contributed by atoms with Crippen LogP contribution in [-0.2, 0) is 17.7 Å². The Balaban J connectivity index is 2.67. The van der Waals surface area contributed by atoms with Crippen LogP contribution in [0.15, 0.2) is 18.2 Å². The van der Waals surface area contributed by atoms with Crippen molar-refractivity contribution in [3.8, 4) is 0 Å². The largest absolute Gasteiger partial charge is 0.453 e. The topological polar surface area (TPSA) is 42.4 Å². The Morgan fingerprint density at radius 3 is 2.73 bits per heavy atom. The maximum Gasteiger partial charge on any atom is 0.409 e. The van der Waals surface area contributed by atoms with Gasteiger partial charge in [0.15, 0.2) is 0 Å². The number of aromatic nitrogens is 1. The Bertz CT molecular complexity index is 339. The van der Waals surface area contributed by atoms with Gasteiger partial charge in [-0.1, -0.05) is 13.0 Å². The number of methoxy groups -OCH3 is 1. The molecule has 1 aromatic heterocycles. The van der Waals surface area contributed by atoms with Crippen molar-refractivity contribution in [2.75, 3.05) is 14.2 Å². The van der Waals surface area contributed by atoms with E-state index in [0.29, 0.717) is 6.54 Å². The van der Waals surface area contributed by atoms with Crippen LogP contribution in [0.4, 0.5) is 4.79 Å². The zero-order valence-electron chi connectivity index (χ0n) is 9.36. The molecule has 0 bridgehead atoms. The molecule has 0 aliphatic heterocycles. The van der Waals surface area contributed by atoms with Gasteiger partial charge in [0.25, 0.3) is 0 Å². The van der Waals surface area contributed by atoms with Gasteiger partial charge in [-0.05, 0) is 18.6 Å². The van der Waals surface area contributed by atoms with Crippen molar-refractivity contribution in [2.24, 2.45) is 0 Å². The maximum absolute atomic E-state index is 11.1. The summed E-state index contributed by atoms with van der Waals surface area (Å²) in [5.74, 6) is 0. The summed E-state index contributed by atoms with van der Waals surface area (Å²) in [5.41, 5.74) is 1.91. The number of carbonyl (C=O) groups is 1. The standard InChI is InChI=1S/C11H16N2O2/c1-4-9-6-5-7-10(12-9)8-13(2)11(14)15-3/h5-7H,4,8H2,1-3H3. The second-order valence-electron chi connectivity index (χ2n) is 3.30. The highest BCUT2D eigenvalue weighted by atomic mass is 16.5. The summed E-state index contributed by atoms with van der Waals surface area (Å²) < 4.78 is 4.60. The van der Waals surface area contributed by atoms with Crippen LogP contribution in [0.5, 0.6) is 0 Å². The molecule has 0 aliphatic rings. The summed E-state index contributed by atoms with van der Waals surface area (Å²) in [6, 6.07) is 5.83. The van der Waals surface area contributed by atoms with Gasteiger partial charge in [-0.3, -0.25) is 4.98 Å². The van der Waals surface area contributed by atoms with Gasteiger partial charge < -0.3 is 9.64 Å². The first-order valence-corrected chi connectivity index (χ1v) is 4.91. The lowest BCUT2D eigenvalue weighted by Crippen LogP contribution is -2.26. The number of ether oxygens (including phenoxy) is 1. The highest BCUT2D eigenvalue weighted by Gasteiger charge is 2.09. The third-order valence-corrected chi connectivity index (χ3v) is 2.11. The molecule has 1 aromatic rings. The molecule has 4 heteroatoms. The van der Waals surface area contributed by atoms with E-state index in [9.17, 15) is 4.79 Å². The Labute approximate surface area is 89.9 Å². The molecule has 1 amide bonds. The van der Waals surface area contributed by atoms with E-state index < -0.39 is 0 Å². The van der Waals surface area contributed by atoms with Crippen molar-refractivity contribution < 1.29 is 9.53 Å². The molecule has 0 unspecified atom stereocenters. The molecule has 0 radical (unpaired) electrons. The third-order valence-electron chi connectivity index (χ3n) is 2.11. The van der Waals surface area contributed by atoms with E-state index in [1.807, 2.05) is 18.2 Å². The molecule has 15 heavy (non-hydrogen) atoms. The number of rotatable bonds is 3. The number of carbonyl (C=O) groups excluding carboxylic acids is 1. The molecule has 0 N–H and O–H groups in total. The molecule has 0 aromatic carbocycles. The number of pyridine rings is 1. The molecule has 0 saturated carbocycles. The maximum atomic E-state index is 11.1. The number of hydrogen-bond acceptors (Lipinski definition) is 3. The highest BCUT2D eigenvalue weighted by Crippen LogP contribution is 2.03. The Kier molecular flexibility index (Phi) is 4.09. The van der Waals surface area contributed by atoms with Gasteiger partial charge in [-0.2, -0.15) is 0 Å². The van der Waals surface area contributed by atoms with Gasteiger partial charge in [0.05, 0.1) is 19.3 Å². The highest BCUT2D eigenvalue weighted by molar-refractivity contribution is 5.66. The molecule has 0 saturated heterocycles. The van der Waals surface area contributed by atoms with Crippen LogP contribution in [-0.4, -0.2) is 30.1 Å². The zero-order valence-corrected chi connectivity index (χ0v) is 9.36. The fourth-order valence-electron chi connectivity index (χ4n) is 1.28. The van der Waals surface area contributed by atoms with Crippen molar-refractivity contribution in [3.05, 3.63) is 29.6 Å². The summed E-state index contributed by atoms with van der Waals surface area (Å²) in [7, 11) is 3.06. The Morgan fingerprint density at radius 2 is 2.13 bits per heavy atom. The lowest BCUT2D eigenvalue weighted by Gasteiger charge is -2.14. The summed E-state index contributed by atoms with van der Waals surface area (Å²) in [6.45, 7) is 2.52. The van der Waals surface area contributed by atoms with Crippen molar-refractivity contribution in [3.63, 3.8) is 0 Å². The predicted octanol–water partition coefficient (Wildman–Crippen LogP) is 1.84. The lowest BCUT2D eigenvalue weighted by atomic mass is 10.2. The molecular formula is C11H16N2O2. The minimum Gasteiger partial charge on any atom is -0.453 e. The second kappa shape index (κ2) is 5.34. The smallest absolute Gasteiger partial charge is 0.409 e. The number of nitrogens with zero attached hydrogens (tertiary/aromatic N) is 2. The molecule has 82 valence electrons. The fourth-order valence-corrected chi connectivity index (χ4v) is 1.28. The van der Waals surface area contributed by atoms with Gasteiger partial charge in [0.1, 0.15) is 0 Å². The van der Waals surface area contributed by atoms with Gasteiger partial charge in [0.2, 0.25) is 0 Å².